The molecule has 3 aliphatic heterocycles. The van der Waals surface area contributed by atoms with Gasteiger partial charge in [0.25, 0.3) is 0 Å². The van der Waals surface area contributed by atoms with E-state index in [9.17, 15) is 4.79 Å². The first-order chi connectivity index (χ1) is 12.2. The van der Waals surface area contributed by atoms with E-state index in [2.05, 4.69) is 30.8 Å². The monoisotopic (exact) mass is 368 g/mol. The van der Waals surface area contributed by atoms with E-state index in [0.29, 0.717) is 36.3 Å². The fourth-order valence-electron chi connectivity index (χ4n) is 4.30. The molecule has 142 valence electrons. The average molecular weight is 369 g/mol. The van der Waals surface area contributed by atoms with Crippen LogP contribution in [0.5, 0.6) is 0 Å². The Bertz CT molecular complexity index is 467. The van der Waals surface area contributed by atoms with Crippen molar-refractivity contribution < 1.29 is 19.4 Å². The summed E-state index contributed by atoms with van der Waals surface area (Å²) in [7, 11) is 0. The molecule has 3 heterocycles. The Morgan fingerprint density at radius 2 is 1.76 bits per heavy atom. The zero-order valence-electron chi connectivity index (χ0n) is 15.3. The Hall–Kier alpha value is -0.520. The zero-order valence-corrected chi connectivity index (χ0v) is 16.1. The van der Waals surface area contributed by atoms with Gasteiger partial charge >= 0.3 is 5.97 Å². The summed E-state index contributed by atoms with van der Waals surface area (Å²) in [6, 6.07) is 0. The van der Waals surface area contributed by atoms with Crippen LogP contribution in [-0.4, -0.2) is 47.0 Å². The molecule has 2 bridgehead atoms. The lowest BCUT2D eigenvalue weighted by molar-refractivity contribution is -0.137. The van der Waals surface area contributed by atoms with E-state index in [1.807, 2.05) is 0 Å². The molecule has 25 heavy (non-hydrogen) atoms. The maximum Gasteiger partial charge on any atom is 0.303 e. The van der Waals surface area contributed by atoms with Crippen LogP contribution >= 0.6 is 11.8 Å². The lowest BCUT2D eigenvalue weighted by Gasteiger charge is -2.24. The summed E-state index contributed by atoms with van der Waals surface area (Å²) in [5, 5.41) is 8.68. The first-order valence-electron chi connectivity index (χ1n) is 9.97. The highest BCUT2D eigenvalue weighted by Gasteiger charge is 2.68. The fourth-order valence-corrected chi connectivity index (χ4v) is 5.58. The van der Waals surface area contributed by atoms with Crippen molar-refractivity contribution in [3.05, 3.63) is 12.2 Å². The van der Waals surface area contributed by atoms with Gasteiger partial charge < -0.3 is 14.6 Å². The number of carboxylic acids is 1. The number of hydrogen-bond donors (Lipinski definition) is 1. The van der Waals surface area contributed by atoms with Crippen molar-refractivity contribution >= 4 is 17.7 Å². The summed E-state index contributed by atoms with van der Waals surface area (Å²) < 4.78 is 12.0. The minimum Gasteiger partial charge on any atom is -0.481 e. The summed E-state index contributed by atoms with van der Waals surface area (Å²) in [5.41, 5.74) is 0. The second-order valence-corrected chi connectivity index (χ2v) is 8.74. The zero-order chi connectivity index (χ0) is 17.6. The van der Waals surface area contributed by atoms with Crippen molar-refractivity contribution in [3.63, 3.8) is 0 Å². The third-order valence-corrected chi connectivity index (χ3v) is 6.90. The normalized spacial score (nSPS) is 35.4. The molecule has 1 N–H and O–H groups in total. The lowest BCUT2D eigenvalue weighted by Crippen LogP contribution is -2.34. The van der Waals surface area contributed by atoms with E-state index >= 15 is 0 Å². The molecular formula is C20H32O4S. The molecule has 3 fully saturated rings. The van der Waals surface area contributed by atoms with Crippen LogP contribution in [0.2, 0.25) is 0 Å². The first kappa shape index (κ1) is 19.2. The van der Waals surface area contributed by atoms with Crippen molar-refractivity contribution in [3.8, 4) is 0 Å². The van der Waals surface area contributed by atoms with Crippen LogP contribution in [0.3, 0.4) is 0 Å². The Morgan fingerprint density at radius 3 is 2.52 bits per heavy atom. The van der Waals surface area contributed by atoms with Crippen molar-refractivity contribution in [2.24, 2.45) is 11.8 Å². The highest BCUT2D eigenvalue weighted by Crippen LogP contribution is 2.55. The molecule has 5 heteroatoms. The number of carboxylic acid groups (broad SMARTS) is 1. The second-order valence-electron chi connectivity index (χ2n) is 7.59. The minimum absolute atomic E-state index is 0.260. The number of epoxide rings is 1. The largest absolute Gasteiger partial charge is 0.481 e. The van der Waals surface area contributed by atoms with Crippen molar-refractivity contribution in [2.75, 3.05) is 11.5 Å². The Kier molecular flexibility index (Phi) is 7.26. The molecule has 0 aromatic carbocycles. The minimum atomic E-state index is -0.706. The molecule has 3 rings (SSSR count). The third-order valence-electron chi connectivity index (χ3n) is 5.71. The topological polar surface area (TPSA) is 59.1 Å². The second kappa shape index (κ2) is 9.43. The van der Waals surface area contributed by atoms with Gasteiger partial charge in [-0.25, -0.2) is 0 Å². The summed E-state index contributed by atoms with van der Waals surface area (Å²) in [5.74, 6) is 2.95. The average Bonchev–Trinajstić information content (AvgIpc) is 3.22. The van der Waals surface area contributed by atoms with E-state index in [1.165, 1.54) is 37.2 Å². The Labute approximate surface area is 155 Å². The number of carbonyl (C=O) groups is 1. The van der Waals surface area contributed by atoms with Crippen molar-refractivity contribution in [1.82, 2.24) is 0 Å². The van der Waals surface area contributed by atoms with Crippen molar-refractivity contribution in [2.45, 2.75) is 82.7 Å². The van der Waals surface area contributed by atoms with E-state index in [-0.39, 0.29) is 6.42 Å². The van der Waals surface area contributed by atoms with Crippen LogP contribution in [0.25, 0.3) is 0 Å². The van der Waals surface area contributed by atoms with Crippen LogP contribution in [-0.2, 0) is 14.3 Å². The van der Waals surface area contributed by atoms with Gasteiger partial charge in [-0.05, 0) is 43.1 Å². The molecule has 0 aromatic heterocycles. The summed E-state index contributed by atoms with van der Waals surface area (Å²) >= 11 is 2.09. The fraction of sp³-hybridized carbons (Fsp3) is 0.850. The van der Waals surface area contributed by atoms with Gasteiger partial charge in [0.15, 0.2) is 0 Å². The van der Waals surface area contributed by atoms with E-state index < -0.39 is 5.97 Å². The Morgan fingerprint density at radius 1 is 1.00 bits per heavy atom. The third kappa shape index (κ3) is 5.01. The van der Waals surface area contributed by atoms with Crippen LogP contribution in [0.15, 0.2) is 12.2 Å². The SMILES string of the molecule is CCCCCCSC[C@@H]1[C@H](C/C=C\CCCC(=O)O)[C@H]2O[C@@H]1[C@H]1O[C@H]12. The van der Waals surface area contributed by atoms with E-state index in [0.717, 1.165) is 19.3 Å². The lowest BCUT2D eigenvalue weighted by atomic mass is 9.78. The van der Waals surface area contributed by atoms with Gasteiger partial charge in [0.1, 0.15) is 12.2 Å². The molecule has 6 atom stereocenters. The summed E-state index contributed by atoms with van der Waals surface area (Å²) in [6.45, 7) is 2.26. The van der Waals surface area contributed by atoms with Crippen LogP contribution in [0.4, 0.5) is 0 Å². The number of fused-ring (bicyclic) bond motifs is 5. The highest BCUT2D eigenvalue weighted by atomic mass is 32.2. The Balaban J connectivity index is 1.39. The summed E-state index contributed by atoms with van der Waals surface area (Å²) in [6.07, 6.45) is 14.0. The number of allylic oxidation sites excluding steroid dienone is 2. The molecule has 4 nitrogen and oxygen atoms in total. The molecule has 3 saturated heterocycles. The number of unbranched alkanes of at least 4 members (excludes halogenated alkanes) is 4. The predicted octanol–water partition coefficient (Wildman–Crippen LogP) is 4.28. The highest BCUT2D eigenvalue weighted by molar-refractivity contribution is 7.99. The molecule has 0 unspecified atom stereocenters. The number of hydrogen-bond acceptors (Lipinski definition) is 4. The van der Waals surface area contributed by atoms with Gasteiger partial charge in [0.05, 0.1) is 12.2 Å². The molecule has 0 amide bonds. The molecule has 0 aliphatic carbocycles. The number of rotatable bonds is 13. The quantitative estimate of drug-likeness (QED) is 0.299. The van der Waals surface area contributed by atoms with Gasteiger partial charge in [-0.1, -0.05) is 38.3 Å². The van der Waals surface area contributed by atoms with Crippen LogP contribution in [0, 0.1) is 11.8 Å². The van der Waals surface area contributed by atoms with Crippen LogP contribution in [0.1, 0.15) is 58.3 Å². The molecule has 0 spiro atoms. The van der Waals surface area contributed by atoms with Gasteiger partial charge in [0, 0.05) is 12.3 Å². The van der Waals surface area contributed by atoms with Gasteiger partial charge in [-0.3, -0.25) is 4.79 Å². The molecule has 0 aromatic rings. The maximum atomic E-state index is 10.5. The number of ether oxygens (including phenoxy) is 2. The maximum absolute atomic E-state index is 10.5. The standard InChI is InChI=1S/C20H32O4S/c1-2-3-4-9-12-25-13-15-14(10-7-5-6-8-11-16(21)22)17-19-20(24-19)18(15)23-17/h5,7,14-15,17-20H,2-4,6,8-13H2,1H3,(H,21,22)/b7-5-/t14-,15+,17+,18-,19-,20+/m0/s1. The first-order valence-corrected chi connectivity index (χ1v) is 11.1. The predicted molar refractivity (Wildman–Crippen MR) is 101 cm³/mol. The summed E-state index contributed by atoms with van der Waals surface area (Å²) in [4.78, 5) is 10.5. The van der Waals surface area contributed by atoms with Crippen LogP contribution < -0.4 is 0 Å². The molecular weight excluding hydrogens is 336 g/mol. The molecule has 0 saturated carbocycles. The van der Waals surface area contributed by atoms with Gasteiger partial charge in [0.2, 0.25) is 0 Å². The van der Waals surface area contributed by atoms with E-state index in [1.54, 1.807) is 0 Å². The van der Waals surface area contributed by atoms with Crippen molar-refractivity contribution in [1.29, 1.82) is 0 Å². The smallest absolute Gasteiger partial charge is 0.303 e. The van der Waals surface area contributed by atoms with Gasteiger partial charge in [-0.2, -0.15) is 11.8 Å². The molecule has 0 radical (unpaired) electrons. The number of aliphatic carboxylic acids is 1. The number of thioether (sulfide) groups is 1. The molecule has 3 aliphatic rings. The van der Waals surface area contributed by atoms with E-state index in [4.69, 9.17) is 14.6 Å². The van der Waals surface area contributed by atoms with Gasteiger partial charge in [-0.15, -0.1) is 0 Å².